The van der Waals surface area contributed by atoms with E-state index in [1.807, 2.05) is 29.6 Å². The van der Waals surface area contributed by atoms with E-state index in [-0.39, 0.29) is 5.82 Å². The molecule has 0 amide bonds. The number of para-hydroxylation sites is 1. The molecule has 1 saturated heterocycles. The number of fused-ring (bicyclic) bond motifs is 2. The van der Waals surface area contributed by atoms with Crippen molar-refractivity contribution in [1.82, 2.24) is 4.98 Å². The molecule has 0 saturated carbocycles. The fraction of sp³-hybridized carbons (Fsp3) is 0.276. The number of hydrogen-bond donors (Lipinski definition) is 1. The molecule has 4 aromatic rings. The largest absolute Gasteiger partial charge is 0.416 e. The molecular weight excluding hydrogens is 544 g/mol. The van der Waals surface area contributed by atoms with Crippen LogP contribution in [0.2, 0.25) is 0 Å². The molecule has 6 rings (SSSR count). The lowest BCUT2D eigenvalue weighted by molar-refractivity contribution is -0.900. The van der Waals surface area contributed by atoms with Gasteiger partial charge in [0, 0.05) is 33.7 Å². The van der Waals surface area contributed by atoms with Crippen molar-refractivity contribution in [3.8, 4) is 11.3 Å². The summed E-state index contributed by atoms with van der Waals surface area (Å²) in [6, 6.07) is 18.4. The lowest BCUT2D eigenvalue weighted by Crippen LogP contribution is -3.15. The normalized spacial score (nSPS) is 15.8. The molecule has 10 heteroatoms. The van der Waals surface area contributed by atoms with Crippen LogP contribution < -0.4 is 14.7 Å². The van der Waals surface area contributed by atoms with Crippen molar-refractivity contribution in [2.45, 2.75) is 22.4 Å². The van der Waals surface area contributed by atoms with E-state index in [0.717, 1.165) is 71.0 Å². The zero-order chi connectivity index (χ0) is 27.0. The number of nitrogens with one attached hydrogen (secondary N) is 1. The first kappa shape index (κ1) is 26.2. The van der Waals surface area contributed by atoms with Crippen LogP contribution in [0.4, 0.5) is 34.1 Å². The zero-order valence-electron chi connectivity index (χ0n) is 21.0. The van der Waals surface area contributed by atoms with Crippen molar-refractivity contribution >= 4 is 39.6 Å². The smallest absolute Gasteiger partial charge is 0.339 e. The van der Waals surface area contributed by atoms with Crippen LogP contribution in [-0.4, -0.2) is 44.3 Å². The van der Waals surface area contributed by atoms with Crippen molar-refractivity contribution in [3.63, 3.8) is 0 Å². The molecule has 2 aliphatic rings. The number of quaternary nitrogens is 1. The summed E-state index contributed by atoms with van der Waals surface area (Å²) in [5, 5.41) is 2.99. The molecule has 3 heterocycles. The highest BCUT2D eigenvalue weighted by molar-refractivity contribution is 7.99. The van der Waals surface area contributed by atoms with E-state index in [2.05, 4.69) is 9.80 Å². The highest BCUT2D eigenvalue weighted by Gasteiger charge is 2.33. The number of halogens is 4. The second-order valence-corrected chi connectivity index (χ2v) is 11.7. The van der Waals surface area contributed by atoms with Crippen LogP contribution in [0.3, 0.4) is 0 Å². The van der Waals surface area contributed by atoms with Gasteiger partial charge in [-0.1, -0.05) is 23.9 Å². The number of alkyl halides is 3. The molecule has 202 valence electrons. The maximum absolute atomic E-state index is 13.5. The molecule has 0 unspecified atom stereocenters. The number of piperazine rings is 1. The highest BCUT2D eigenvalue weighted by Crippen LogP contribution is 2.49. The topological polar surface area (TPSA) is 23.8 Å². The third-order valence-electron chi connectivity index (χ3n) is 7.24. The minimum absolute atomic E-state index is 0.257. The fourth-order valence-corrected chi connectivity index (χ4v) is 7.13. The number of aromatic nitrogens is 1. The number of rotatable bonds is 6. The monoisotopic (exact) mass is 571 g/mol. The van der Waals surface area contributed by atoms with Gasteiger partial charge in [-0.05, 0) is 54.6 Å². The minimum Gasteiger partial charge on any atom is -0.339 e. The molecule has 0 bridgehead atoms. The van der Waals surface area contributed by atoms with E-state index in [1.165, 1.54) is 40.9 Å². The summed E-state index contributed by atoms with van der Waals surface area (Å²) in [7, 11) is 0. The summed E-state index contributed by atoms with van der Waals surface area (Å²) in [5.41, 5.74) is 2.75. The molecule has 4 nitrogen and oxygen atoms in total. The molecule has 0 aliphatic carbocycles. The summed E-state index contributed by atoms with van der Waals surface area (Å²) < 4.78 is 53.7. The Morgan fingerprint density at radius 2 is 1.64 bits per heavy atom. The van der Waals surface area contributed by atoms with Gasteiger partial charge in [-0.25, -0.2) is 9.37 Å². The van der Waals surface area contributed by atoms with Gasteiger partial charge >= 0.3 is 6.18 Å². The van der Waals surface area contributed by atoms with E-state index < -0.39 is 11.7 Å². The predicted molar refractivity (Wildman–Crippen MR) is 149 cm³/mol. The molecular formula is C29H27F4N4S2+. The number of anilines is 3. The maximum atomic E-state index is 13.5. The number of hydrogen-bond acceptors (Lipinski definition) is 5. The number of benzene rings is 3. The van der Waals surface area contributed by atoms with Crippen molar-refractivity contribution in [1.29, 1.82) is 0 Å². The Kier molecular flexibility index (Phi) is 7.26. The lowest BCUT2D eigenvalue weighted by atomic mass is 10.1. The van der Waals surface area contributed by atoms with Crippen molar-refractivity contribution in [2.24, 2.45) is 0 Å². The van der Waals surface area contributed by atoms with Gasteiger partial charge in [-0.3, -0.25) is 0 Å². The van der Waals surface area contributed by atoms with E-state index in [4.69, 9.17) is 4.98 Å². The van der Waals surface area contributed by atoms with Crippen LogP contribution >= 0.6 is 23.1 Å². The Bertz CT molecular complexity index is 1450. The van der Waals surface area contributed by atoms with Gasteiger partial charge in [0.05, 0.1) is 55.4 Å². The van der Waals surface area contributed by atoms with E-state index in [1.54, 1.807) is 29.5 Å². The quantitative estimate of drug-likeness (QED) is 0.272. The summed E-state index contributed by atoms with van der Waals surface area (Å²) in [6.45, 7) is 5.36. The average molecular weight is 572 g/mol. The molecule has 1 N–H and O–H groups in total. The highest BCUT2D eigenvalue weighted by atomic mass is 32.2. The van der Waals surface area contributed by atoms with Gasteiger partial charge in [0.25, 0.3) is 0 Å². The van der Waals surface area contributed by atoms with Gasteiger partial charge in [-0.15, -0.1) is 11.3 Å². The van der Waals surface area contributed by atoms with Gasteiger partial charge < -0.3 is 14.7 Å². The van der Waals surface area contributed by atoms with Gasteiger partial charge in [0.15, 0.2) is 5.13 Å². The first-order valence-corrected chi connectivity index (χ1v) is 14.6. The second kappa shape index (κ2) is 10.8. The Morgan fingerprint density at radius 3 is 2.41 bits per heavy atom. The first-order chi connectivity index (χ1) is 18.8. The van der Waals surface area contributed by atoms with Crippen LogP contribution in [-0.2, 0) is 6.18 Å². The van der Waals surface area contributed by atoms with Gasteiger partial charge in [0.2, 0.25) is 0 Å². The second-order valence-electron chi connectivity index (χ2n) is 9.76. The molecule has 3 aromatic carbocycles. The number of thiazole rings is 1. The van der Waals surface area contributed by atoms with Crippen molar-refractivity contribution in [3.05, 3.63) is 83.5 Å². The third-order valence-corrected chi connectivity index (χ3v) is 9.27. The first-order valence-electron chi connectivity index (χ1n) is 12.9. The standard InChI is InChI=1S/C29H26F4N4S2/c30-22-9-6-20(7-10-22)23-19-38-28(34-23)36-16-14-35(15-17-36)12-3-13-37-24-4-1-2-5-26(24)39-27-11-8-21(18-25(27)37)29(31,32)33/h1-2,4-11,18-19H,3,12-17H2/p+1. The molecule has 0 spiro atoms. The van der Waals surface area contributed by atoms with E-state index in [9.17, 15) is 17.6 Å². The zero-order valence-corrected chi connectivity index (χ0v) is 22.7. The predicted octanol–water partition coefficient (Wildman–Crippen LogP) is 6.37. The fourth-order valence-electron chi connectivity index (χ4n) is 5.16. The SMILES string of the molecule is Fc1ccc(-c2csc(N3CC[NH+](CCCN4c5ccccc5Sc5ccc(C(F)(F)F)cc54)CC3)n2)cc1. The van der Waals surface area contributed by atoms with Crippen LogP contribution in [0, 0.1) is 5.82 Å². The van der Waals surface area contributed by atoms with Crippen LogP contribution in [0.15, 0.2) is 81.9 Å². The van der Waals surface area contributed by atoms with E-state index in [0.29, 0.717) is 12.2 Å². The van der Waals surface area contributed by atoms with Crippen LogP contribution in [0.25, 0.3) is 11.3 Å². The molecule has 0 atom stereocenters. The summed E-state index contributed by atoms with van der Waals surface area (Å²) >= 11 is 3.13. The van der Waals surface area contributed by atoms with Crippen molar-refractivity contribution in [2.75, 3.05) is 49.1 Å². The molecule has 39 heavy (non-hydrogen) atoms. The Labute approximate surface area is 232 Å². The Balaban J connectivity index is 1.08. The lowest BCUT2D eigenvalue weighted by Gasteiger charge is -2.35. The Morgan fingerprint density at radius 1 is 0.897 bits per heavy atom. The van der Waals surface area contributed by atoms with Crippen molar-refractivity contribution < 1.29 is 22.5 Å². The van der Waals surface area contributed by atoms with Gasteiger partial charge in [-0.2, -0.15) is 13.2 Å². The third kappa shape index (κ3) is 5.64. The summed E-state index contributed by atoms with van der Waals surface area (Å²) in [5.74, 6) is -0.257. The van der Waals surface area contributed by atoms with Gasteiger partial charge in [0.1, 0.15) is 5.82 Å². The molecule has 1 aromatic heterocycles. The maximum Gasteiger partial charge on any atom is 0.416 e. The van der Waals surface area contributed by atoms with Crippen LogP contribution in [0.5, 0.6) is 0 Å². The Hall–Kier alpha value is -3.08. The van der Waals surface area contributed by atoms with Crippen LogP contribution in [0.1, 0.15) is 12.0 Å². The summed E-state index contributed by atoms with van der Waals surface area (Å²) in [4.78, 5) is 12.5. The minimum atomic E-state index is -4.37. The molecule has 0 radical (unpaired) electrons. The number of nitrogens with zero attached hydrogens (tertiary/aromatic N) is 3. The summed E-state index contributed by atoms with van der Waals surface area (Å²) in [6.07, 6.45) is -3.50. The molecule has 2 aliphatic heterocycles. The average Bonchev–Trinajstić information content (AvgIpc) is 3.43. The molecule has 1 fully saturated rings. The van der Waals surface area contributed by atoms with E-state index >= 15 is 0 Å².